The Labute approximate surface area is 169 Å². The van der Waals surface area contributed by atoms with Crippen molar-refractivity contribution < 1.29 is 9.59 Å². The van der Waals surface area contributed by atoms with Crippen LogP contribution in [0.15, 0.2) is 0 Å². The Morgan fingerprint density at radius 2 is 0.963 bits per heavy atom. The van der Waals surface area contributed by atoms with Gasteiger partial charge < -0.3 is 9.80 Å². The fourth-order valence-corrected chi connectivity index (χ4v) is 3.38. The van der Waals surface area contributed by atoms with Gasteiger partial charge in [-0.15, -0.1) is 0 Å². The van der Waals surface area contributed by atoms with E-state index in [0.717, 1.165) is 51.6 Å². The molecule has 4 nitrogen and oxygen atoms in total. The monoisotopic (exact) mass is 382 g/mol. The fraction of sp³-hybridized carbons (Fsp3) is 0.913. The van der Waals surface area contributed by atoms with E-state index in [-0.39, 0.29) is 11.8 Å². The molecule has 27 heavy (non-hydrogen) atoms. The van der Waals surface area contributed by atoms with E-state index in [1.165, 1.54) is 38.5 Å². The van der Waals surface area contributed by atoms with E-state index in [0.29, 0.717) is 6.42 Å². The van der Waals surface area contributed by atoms with Crippen LogP contribution in [0.4, 0.5) is 0 Å². The van der Waals surface area contributed by atoms with E-state index >= 15 is 0 Å². The van der Waals surface area contributed by atoms with Gasteiger partial charge in [-0.3, -0.25) is 9.59 Å². The highest BCUT2D eigenvalue weighted by Gasteiger charge is 2.30. The van der Waals surface area contributed by atoms with Gasteiger partial charge in [0.1, 0.15) is 5.92 Å². The van der Waals surface area contributed by atoms with Crippen LogP contribution in [0.3, 0.4) is 0 Å². The van der Waals surface area contributed by atoms with Crippen molar-refractivity contribution in [2.24, 2.45) is 5.92 Å². The normalized spacial score (nSPS) is 11.0. The molecule has 0 aromatic rings. The van der Waals surface area contributed by atoms with E-state index in [4.69, 9.17) is 0 Å². The Balaban J connectivity index is 4.55. The van der Waals surface area contributed by atoms with Crippen LogP contribution < -0.4 is 0 Å². The number of amides is 2. The van der Waals surface area contributed by atoms with Crippen LogP contribution >= 0.6 is 0 Å². The molecule has 4 heteroatoms. The van der Waals surface area contributed by atoms with Crippen LogP contribution in [0.5, 0.6) is 0 Å². The molecule has 0 atom stereocenters. The molecule has 0 bridgehead atoms. The van der Waals surface area contributed by atoms with E-state index in [9.17, 15) is 9.59 Å². The maximum Gasteiger partial charge on any atom is 0.234 e. The van der Waals surface area contributed by atoms with Crippen LogP contribution in [-0.4, -0.2) is 48.8 Å². The quantitative estimate of drug-likeness (QED) is 0.241. The number of carbonyl (C=O) groups excluding carboxylic acids is 2. The average molecular weight is 383 g/mol. The molecule has 160 valence electrons. The van der Waals surface area contributed by atoms with E-state index in [1.807, 2.05) is 14.1 Å². The van der Waals surface area contributed by atoms with Gasteiger partial charge in [0.15, 0.2) is 0 Å². The zero-order valence-electron chi connectivity index (χ0n) is 18.9. The summed E-state index contributed by atoms with van der Waals surface area (Å²) in [5.41, 5.74) is 0. The third-order valence-electron chi connectivity index (χ3n) is 5.39. The van der Waals surface area contributed by atoms with Gasteiger partial charge in [-0.1, -0.05) is 85.0 Å². The highest BCUT2D eigenvalue weighted by molar-refractivity contribution is 6.00. The van der Waals surface area contributed by atoms with Crippen LogP contribution in [0.2, 0.25) is 0 Å². The first-order valence-corrected chi connectivity index (χ1v) is 11.5. The summed E-state index contributed by atoms with van der Waals surface area (Å²) in [7, 11) is 3.69. The van der Waals surface area contributed by atoms with Gasteiger partial charge in [-0.05, 0) is 19.3 Å². The van der Waals surface area contributed by atoms with Crippen molar-refractivity contribution in [3.8, 4) is 0 Å². The lowest BCUT2D eigenvalue weighted by atomic mass is 9.97. The van der Waals surface area contributed by atoms with Gasteiger partial charge in [0.2, 0.25) is 11.8 Å². The first-order chi connectivity index (χ1) is 13.0. The average Bonchev–Trinajstić information content (AvgIpc) is 2.68. The number of nitrogens with zero attached hydrogens (tertiary/aromatic N) is 2. The third-order valence-corrected chi connectivity index (χ3v) is 5.39. The first kappa shape index (κ1) is 25.9. The largest absolute Gasteiger partial charge is 0.345 e. The second-order valence-electron chi connectivity index (χ2n) is 8.04. The molecule has 0 N–H and O–H groups in total. The highest BCUT2D eigenvalue weighted by atomic mass is 16.2. The molecule has 0 unspecified atom stereocenters. The zero-order valence-corrected chi connectivity index (χ0v) is 18.9. The molecule has 0 fully saturated rings. The van der Waals surface area contributed by atoms with Gasteiger partial charge in [-0.2, -0.15) is 0 Å². The van der Waals surface area contributed by atoms with E-state index < -0.39 is 5.92 Å². The molecule has 0 rings (SSSR count). The Kier molecular flexibility index (Phi) is 16.4. The van der Waals surface area contributed by atoms with Gasteiger partial charge in [-0.25, -0.2) is 0 Å². The predicted octanol–water partition coefficient (Wildman–Crippen LogP) is 5.65. The first-order valence-electron chi connectivity index (χ1n) is 11.5. The van der Waals surface area contributed by atoms with Crippen molar-refractivity contribution in [2.45, 2.75) is 104 Å². The SMILES string of the molecule is CCCCCCCCCCC(C(=O)N(C)CCCC)C(=O)N(C)CCCC. The number of carbonyl (C=O) groups is 2. The molecule has 0 heterocycles. The second kappa shape index (κ2) is 17.1. The molecule has 0 aliphatic carbocycles. The summed E-state index contributed by atoms with van der Waals surface area (Å²) < 4.78 is 0. The molecule has 0 spiro atoms. The number of hydrogen-bond donors (Lipinski definition) is 0. The molecule has 0 saturated heterocycles. The number of rotatable bonds is 17. The molecule has 2 amide bonds. The minimum Gasteiger partial charge on any atom is -0.345 e. The Hall–Kier alpha value is -1.06. The molecule has 0 saturated carbocycles. The molecule has 0 aliphatic rings. The Bertz CT molecular complexity index is 359. The lowest BCUT2D eigenvalue weighted by molar-refractivity contribution is -0.146. The minimum absolute atomic E-state index is 0.0137. The lowest BCUT2D eigenvalue weighted by Gasteiger charge is -2.27. The summed E-state index contributed by atoms with van der Waals surface area (Å²) >= 11 is 0. The van der Waals surface area contributed by atoms with Gasteiger partial charge >= 0.3 is 0 Å². The summed E-state index contributed by atoms with van der Waals surface area (Å²) in [5, 5.41) is 0. The Morgan fingerprint density at radius 1 is 0.593 bits per heavy atom. The molecule has 0 aromatic heterocycles. The third kappa shape index (κ3) is 12.1. The molecular formula is C23H46N2O2. The molecule has 0 aliphatic heterocycles. The summed E-state index contributed by atoms with van der Waals surface area (Å²) in [6, 6.07) is 0. The van der Waals surface area contributed by atoms with Crippen LogP contribution in [0.1, 0.15) is 104 Å². The van der Waals surface area contributed by atoms with E-state index in [2.05, 4.69) is 20.8 Å². The van der Waals surface area contributed by atoms with Crippen molar-refractivity contribution in [3.05, 3.63) is 0 Å². The fourth-order valence-electron chi connectivity index (χ4n) is 3.38. The van der Waals surface area contributed by atoms with Gasteiger partial charge in [0.25, 0.3) is 0 Å². The minimum atomic E-state index is -0.492. The summed E-state index contributed by atoms with van der Waals surface area (Å²) in [4.78, 5) is 29.3. The standard InChI is InChI=1S/C23H46N2O2/c1-6-9-12-13-14-15-16-17-18-21(22(26)24(4)19-10-7-2)23(27)25(5)20-11-8-3/h21H,6-20H2,1-5H3. The molecule has 0 aromatic carbocycles. The van der Waals surface area contributed by atoms with Crippen molar-refractivity contribution in [1.82, 2.24) is 9.80 Å². The van der Waals surface area contributed by atoms with E-state index in [1.54, 1.807) is 9.80 Å². The second-order valence-corrected chi connectivity index (χ2v) is 8.04. The van der Waals surface area contributed by atoms with Crippen LogP contribution in [0, 0.1) is 5.92 Å². The van der Waals surface area contributed by atoms with Gasteiger partial charge in [0, 0.05) is 27.2 Å². The Morgan fingerprint density at radius 3 is 1.37 bits per heavy atom. The number of hydrogen-bond acceptors (Lipinski definition) is 2. The van der Waals surface area contributed by atoms with Crippen molar-refractivity contribution in [1.29, 1.82) is 0 Å². The molecular weight excluding hydrogens is 336 g/mol. The maximum absolute atomic E-state index is 12.9. The topological polar surface area (TPSA) is 40.6 Å². The predicted molar refractivity (Wildman–Crippen MR) is 116 cm³/mol. The zero-order chi connectivity index (χ0) is 20.5. The van der Waals surface area contributed by atoms with Crippen molar-refractivity contribution >= 4 is 11.8 Å². The summed E-state index contributed by atoms with van der Waals surface area (Å²) in [5.74, 6) is -0.465. The van der Waals surface area contributed by atoms with Crippen LogP contribution in [-0.2, 0) is 9.59 Å². The maximum atomic E-state index is 12.9. The van der Waals surface area contributed by atoms with Gasteiger partial charge in [0.05, 0.1) is 0 Å². The van der Waals surface area contributed by atoms with Crippen molar-refractivity contribution in [3.63, 3.8) is 0 Å². The van der Waals surface area contributed by atoms with Crippen LogP contribution in [0.25, 0.3) is 0 Å². The van der Waals surface area contributed by atoms with Crippen molar-refractivity contribution in [2.75, 3.05) is 27.2 Å². The summed E-state index contributed by atoms with van der Waals surface area (Å²) in [6.07, 6.45) is 14.7. The molecule has 0 radical (unpaired) electrons. The smallest absolute Gasteiger partial charge is 0.234 e. The lowest BCUT2D eigenvalue weighted by Crippen LogP contribution is -2.43. The summed E-state index contributed by atoms with van der Waals surface area (Å²) in [6.45, 7) is 7.98. The highest BCUT2D eigenvalue weighted by Crippen LogP contribution is 2.18. The number of unbranched alkanes of at least 4 members (excludes halogenated alkanes) is 9.